The molecule has 0 fully saturated rings. The van der Waals surface area contributed by atoms with Crippen LogP contribution >= 0.6 is 22.7 Å². The second-order valence-corrected chi connectivity index (χ2v) is 5.90. The fourth-order valence-corrected chi connectivity index (χ4v) is 3.24. The predicted molar refractivity (Wildman–Crippen MR) is 78.7 cm³/mol. The molecule has 0 aliphatic carbocycles. The maximum absolute atomic E-state index is 4.58. The summed E-state index contributed by atoms with van der Waals surface area (Å²) in [6.45, 7) is 2.97. The molecule has 0 radical (unpaired) electrons. The number of nitrogens with one attached hydrogen (secondary N) is 1. The molecule has 0 aliphatic rings. The van der Waals surface area contributed by atoms with Crippen molar-refractivity contribution in [3.8, 4) is 0 Å². The van der Waals surface area contributed by atoms with Crippen LogP contribution in [0.4, 0.5) is 5.13 Å². The van der Waals surface area contributed by atoms with Gasteiger partial charge in [0.15, 0.2) is 5.13 Å². The fraction of sp³-hybridized carbons (Fsp3) is 0.231. The lowest BCUT2D eigenvalue weighted by molar-refractivity contribution is 0.975. The highest BCUT2D eigenvalue weighted by Gasteiger charge is 2.03. The van der Waals surface area contributed by atoms with Gasteiger partial charge in [-0.05, 0) is 24.6 Å². The molecule has 0 aliphatic heterocycles. The number of anilines is 1. The monoisotopic (exact) mass is 275 g/mol. The molecule has 3 nitrogen and oxygen atoms in total. The molecule has 0 atom stereocenters. The van der Waals surface area contributed by atoms with Crippen molar-refractivity contribution in [3.63, 3.8) is 0 Å². The van der Waals surface area contributed by atoms with E-state index in [0.29, 0.717) is 0 Å². The summed E-state index contributed by atoms with van der Waals surface area (Å²) in [6, 6.07) is 6.38. The molecule has 1 aromatic carbocycles. The van der Waals surface area contributed by atoms with Crippen LogP contribution in [0.1, 0.15) is 11.3 Å². The maximum Gasteiger partial charge on any atom is 0.183 e. The molecule has 3 rings (SSSR count). The van der Waals surface area contributed by atoms with Gasteiger partial charge >= 0.3 is 0 Å². The number of aromatic nitrogens is 2. The lowest BCUT2D eigenvalue weighted by Crippen LogP contribution is -2.04. The Hall–Kier alpha value is -1.46. The normalized spacial score (nSPS) is 10.9. The first-order chi connectivity index (χ1) is 8.81. The number of nitrogens with zero attached hydrogens (tertiary/aromatic N) is 2. The van der Waals surface area contributed by atoms with Crippen LogP contribution in [-0.2, 0) is 6.42 Å². The van der Waals surface area contributed by atoms with E-state index in [1.54, 1.807) is 22.7 Å². The Labute approximate surface area is 114 Å². The van der Waals surface area contributed by atoms with Crippen LogP contribution < -0.4 is 5.32 Å². The molecular weight excluding hydrogens is 262 g/mol. The Morgan fingerprint density at radius 2 is 2.28 bits per heavy atom. The second-order valence-electron chi connectivity index (χ2n) is 4.15. The molecule has 0 saturated heterocycles. The van der Waals surface area contributed by atoms with Crippen molar-refractivity contribution in [1.82, 2.24) is 9.97 Å². The average molecular weight is 275 g/mol. The van der Waals surface area contributed by atoms with E-state index in [0.717, 1.165) is 29.3 Å². The maximum atomic E-state index is 4.58. The minimum atomic E-state index is 0.878. The second kappa shape index (κ2) is 5.04. The zero-order valence-electron chi connectivity index (χ0n) is 10.0. The molecule has 0 unspecified atom stereocenters. The van der Waals surface area contributed by atoms with Gasteiger partial charge in [0.05, 0.1) is 21.4 Å². The third kappa shape index (κ3) is 2.52. The van der Waals surface area contributed by atoms with Crippen molar-refractivity contribution in [3.05, 3.63) is 40.3 Å². The van der Waals surface area contributed by atoms with Crippen molar-refractivity contribution in [2.45, 2.75) is 13.3 Å². The summed E-state index contributed by atoms with van der Waals surface area (Å²) in [6.07, 6.45) is 0.943. The van der Waals surface area contributed by atoms with E-state index in [9.17, 15) is 0 Å². The Bertz CT molecular complexity index is 643. The van der Waals surface area contributed by atoms with Gasteiger partial charge in [-0.25, -0.2) is 9.97 Å². The van der Waals surface area contributed by atoms with Crippen LogP contribution in [0.15, 0.2) is 29.1 Å². The van der Waals surface area contributed by atoms with E-state index in [4.69, 9.17) is 0 Å². The molecule has 92 valence electrons. The van der Waals surface area contributed by atoms with Crippen LogP contribution in [0.5, 0.6) is 0 Å². The van der Waals surface area contributed by atoms with Gasteiger partial charge in [-0.3, -0.25) is 0 Å². The highest BCUT2D eigenvalue weighted by molar-refractivity contribution is 7.22. The Morgan fingerprint density at radius 1 is 1.33 bits per heavy atom. The number of fused-ring (bicyclic) bond motifs is 1. The Kier molecular flexibility index (Phi) is 3.25. The third-order valence-corrected chi connectivity index (χ3v) is 4.31. The van der Waals surface area contributed by atoms with Crippen molar-refractivity contribution in [2.24, 2.45) is 0 Å². The van der Waals surface area contributed by atoms with Gasteiger partial charge in [0.2, 0.25) is 0 Å². The molecular formula is C13H13N3S2. The van der Waals surface area contributed by atoms with Crippen LogP contribution in [0.2, 0.25) is 0 Å². The summed E-state index contributed by atoms with van der Waals surface area (Å²) in [7, 11) is 0. The number of aryl methyl sites for hydroxylation is 1. The van der Waals surface area contributed by atoms with Crippen molar-refractivity contribution >= 4 is 38.0 Å². The summed E-state index contributed by atoms with van der Waals surface area (Å²) in [5.41, 5.74) is 5.35. The van der Waals surface area contributed by atoms with E-state index in [1.165, 1.54) is 10.3 Å². The smallest absolute Gasteiger partial charge is 0.183 e. The highest BCUT2D eigenvalue weighted by Crippen LogP contribution is 2.26. The van der Waals surface area contributed by atoms with Crippen LogP contribution in [0, 0.1) is 6.92 Å². The fourth-order valence-electron chi connectivity index (χ4n) is 1.77. The molecule has 5 heteroatoms. The van der Waals surface area contributed by atoms with Crippen molar-refractivity contribution in [2.75, 3.05) is 11.9 Å². The standard InChI is InChI=1S/C13H13N3S2/c1-9-2-3-12-11(6-9)16-13(18-12)14-5-4-10-7-17-8-15-10/h2-3,6-8H,4-5H2,1H3,(H,14,16). The largest absolute Gasteiger partial charge is 0.361 e. The van der Waals surface area contributed by atoms with Crippen molar-refractivity contribution in [1.29, 1.82) is 0 Å². The molecule has 3 aromatic rings. The van der Waals surface area contributed by atoms with Crippen molar-refractivity contribution < 1.29 is 0 Å². The van der Waals surface area contributed by atoms with Gasteiger partial charge in [0.1, 0.15) is 0 Å². The van der Waals surface area contributed by atoms with Gasteiger partial charge in [-0.15, -0.1) is 11.3 Å². The molecule has 0 amide bonds. The highest BCUT2D eigenvalue weighted by atomic mass is 32.1. The summed E-state index contributed by atoms with van der Waals surface area (Å²) >= 11 is 3.34. The number of thiazole rings is 2. The zero-order valence-corrected chi connectivity index (χ0v) is 11.6. The first kappa shape index (κ1) is 11.6. The molecule has 0 spiro atoms. The first-order valence-corrected chi connectivity index (χ1v) is 7.55. The number of hydrogen-bond donors (Lipinski definition) is 1. The van der Waals surface area contributed by atoms with Gasteiger partial charge in [0.25, 0.3) is 0 Å². The number of hydrogen-bond acceptors (Lipinski definition) is 5. The third-order valence-electron chi connectivity index (χ3n) is 2.68. The zero-order chi connectivity index (χ0) is 12.4. The average Bonchev–Trinajstić information content (AvgIpc) is 2.97. The van der Waals surface area contributed by atoms with E-state index in [-0.39, 0.29) is 0 Å². The minimum absolute atomic E-state index is 0.878. The van der Waals surface area contributed by atoms with E-state index in [1.807, 2.05) is 5.51 Å². The first-order valence-electron chi connectivity index (χ1n) is 5.79. The summed E-state index contributed by atoms with van der Waals surface area (Å²) < 4.78 is 1.23. The topological polar surface area (TPSA) is 37.8 Å². The Morgan fingerprint density at radius 3 is 3.11 bits per heavy atom. The van der Waals surface area contributed by atoms with Crippen LogP contribution in [0.3, 0.4) is 0 Å². The number of benzene rings is 1. The van der Waals surface area contributed by atoms with Gasteiger partial charge in [-0.2, -0.15) is 0 Å². The van der Waals surface area contributed by atoms with Crippen LogP contribution in [0.25, 0.3) is 10.2 Å². The summed E-state index contributed by atoms with van der Waals surface area (Å²) in [4.78, 5) is 8.85. The van der Waals surface area contributed by atoms with Gasteiger partial charge in [-0.1, -0.05) is 17.4 Å². The predicted octanol–water partition coefficient (Wildman–Crippen LogP) is 3.72. The molecule has 0 saturated carbocycles. The molecule has 0 bridgehead atoms. The van der Waals surface area contributed by atoms with E-state index in [2.05, 4.69) is 45.8 Å². The lowest BCUT2D eigenvalue weighted by atomic mass is 10.2. The van der Waals surface area contributed by atoms with E-state index >= 15 is 0 Å². The van der Waals surface area contributed by atoms with Crippen LogP contribution in [-0.4, -0.2) is 16.5 Å². The quantitative estimate of drug-likeness (QED) is 0.788. The molecule has 1 N–H and O–H groups in total. The minimum Gasteiger partial charge on any atom is -0.361 e. The summed E-state index contributed by atoms with van der Waals surface area (Å²) in [5, 5.41) is 6.44. The summed E-state index contributed by atoms with van der Waals surface area (Å²) in [5.74, 6) is 0. The Balaban J connectivity index is 1.67. The van der Waals surface area contributed by atoms with Gasteiger partial charge < -0.3 is 5.32 Å². The molecule has 18 heavy (non-hydrogen) atoms. The molecule has 2 heterocycles. The number of rotatable bonds is 4. The molecule has 2 aromatic heterocycles. The lowest BCUT2D eigenvalue weighted by Gasteiger charge is -1.99. The van der Waals surface area contributed by atoms with E-state index < -0.39 is 0 Å². The van der Waals surface area contributed by atoms with Gasteiger partial charge in [0, 0.05) is 18.3 Å². The SMILES string of the molecule is Cc1ccc2sc(NCCc3cscn3)nc2c1.